The second-order valence-electron chi connectivity index (χ2n) is 4.75. The van der Waals surface area contributed by atoms with Crippen LogP contribution in [0.25, 0.3) is 0 Å². The molecule has 0 saturated heterocycles. The lowest BCUT2D eigenvalue weighted by Gasteiger charge is -2.19. The normalized spacial score (nSPS) is 14.7. The van der Waals surface area contributed by atoms with Crippen molar-refractivity contribution >= 4 is 34.2 Å². The Bertz CT molecular complexity index is 429. The van der Waals surface area contributed by atoms with E-state index in [2.05, 4.69) is 21.2 Å². The van der Waals surface area contributed by atoms with E-state index in [1.807, 2.05) is 45.0 Å². The molecule has 0 aliphatic rings. The van der Waals surface area contributed by atoms with E-state index in [4.69, 9.17) is 10.5 Å². The van der Waals surface area contributed by atoms with E-state index in [1.165, 1.54) is 0 Å². The number of hydrogen-bond donors (Lipinski definition) is 2. The first kappa shape index (κ1) is 19.2. The third-order valence-electron chi connectivity index (χ3n) is 2.93. The van der Waals surface area contributed by atoms with Crippen molar-refractivity contribution in [2.24, 2.45) is 11.7 Å². The Hall–Kier alpha value is -0.780. The molecule has 0 aromatic heterocycles. The van der Waals surface area contributed by atoms with Gasteiger partial charge in [-0.3, -0.25) is 4.79 Å². The summed E-state index contributed by atoms with van der Waals surface area (Å²) < 4.78 is 6.64. The minimum absolute atomic E-state index is 0. The summed E-state index contributed by atoms with van der Waals surface area (Å²) >= 11 is 3.42. The van der Waals surface area contributed by atoms with Crippen LogP contribution < -0.4 is 15.8 Å². The molecule has 1 rings (SSSR count). The molecule has 1 aromatic rings. The number of halogens is 2. The first-order chi connectivity index (χ1) is 8.91. The monoisotopic (exact) mass is 364 g/mol. The number of rotatable bonds is 6. The molecule has 114 valence electrons. The van der Waals surface area contributed by atoms with Gasteiger partial charge in [-0.15, -0.1) is 12.4 Å². The van der Waals surface area contributed by atoms with Crippen LogP contribution in [0.3, 0.4) is 0 Å². The molecule has 1 amide bonds. The summed E-state index contributed by atoms with van der Waals surface area (Å²) in [4.78, 5) is 11.8. The third kappa shape index (κ3) is 6.11. The van der Waals surface area contributed by atoms with Crippen molar-refractivity contribution in [2.75, 3.05) is 6.54 Å². The van der Waals surface area contributed by atoms with E-state index in [9.17, 15) is 4.79 Å². The van der Waals surface area contributed by atoms with Crippen molar-refractivity contribution < 1.29 is 9.53 Å². The summed E-state index contributed by atoms with van der Waals surface area (Å²) in [6.45, 7) is 6.01. The molecule has 0 saturated carbocycles. The molecule has 3 atom stereocenters. The van der Waals surface area contributed by atoms with Crippen LogP contribution in [-0.2, 0) is 4.79 Å². The van der Waals surface area contributed by atoms with Crippen LogP contribution in [0.15, 0.2) is 28.7 Å². The summed E-state index contributed by atoms with van der Waals surface area (Å²) in [6, 6.07) is 7.47. The van der Waals surface area contributed by atoms with Gasteiger partial charge in [0.15, 0.2) is 0 Å². The van der Waals surface area contributed by atoms with E-state index >= 15 is 0 Å². The van der Waals surface area contributed by atoms with Crippen molar-refractivity contribution in [1.82, 2.24) is 5.32 Å². The average Bonchev–Trinajstić information content (AvgIpc) is 2.37. The largest absolute Gasteiger partial charge is 0.488 e. The van der Waals surface area contributed by atoms with Gasteiger partial charge in [-0.2, -0.15) is 0 Å². The fourth-order valence-electron chi connectivity index (χ4n) is 1.44. The average molecular weight is 366 g/mol. The van der Waals surface area contributed by atoms with Crippen LogP contribution >= 0.6 is 28.3 Å². The lowest BCUT2D eigenvalue weighted by atomic mass is 10.0. The van der Waals surface area contributed by atoms with E-state index in [0.717, 1.165) is 10.2 Å². The van der Waals surface area contributed by atoms with Gasteiger partial charge in [0.05, 0.1) is 11.0 Å². The molecule has 0 aliphatic carbocycles. The van der Waals surface area contributed by atoms with Gasteiger partial charge in [0.25, 0.3) is 0 Å². The molecule has 0 aliphatic heterocycles. The van der Waals surface area contributed by atoms with E-state index < -0.39 is 0 Å². The van der Waals surface area contributed by atoms with Crippen LogP contribution in [0, 0.1) is 5.92 Å². The first-order valence-electron chi connectivity index (χ1n) is 6.36. The van der Waals surface area contributed by atoms with Crippen molar-refractivity contribution in [3.8, 4) is 5.75 Å². The Morgan fingerprint density at radius 3 is 2.50 bits per heavy atom. The number of benzene rings is 1. The smallest absolute Gasteiger partial charge is 0.224 e. The highest BCUT2D eigenvalue weighted by Gasteiger charge is 2.17. The van der Waals surface area contributed by atoms with Gasteiger partial charge in [-0.05, 0) is 41.9 Å². The lowest BCUT2D eigenvalue weighted by Crippen LogP contribution is -2.42. The lowest BCUT2D eigenvalue weighted by molar-refractivity contribution is -0.125. The number of carbonyl (C=O) groups is 1. The zero-order chi connectivity index (χ0) is 14.4. The minimum atomic E-state index is -0.198. The molecular weight excluding hydrogens is 344 g/mol. The highest BCUT2D eigenvalue weighted by molar-refractivity contribution is 9.10. The molecule has 0 spiro atoms. The second kappa shape index (κ2) is 9.21. The van der Waals surface area contributed by atoms with Crippen LogP contribution in [0.2, 0.25) is 0 Å². The van der Waals surface area contributed by atoms with Crippen molar-refractivity contribution in [1.29, 1.82) is 0 Å². The highest BCUT2D eigenvalue weighted by atomic mass is 79.9. The zero-order valence-corrected chi connectivity index (χ0v) is 14.3. The maximum absolute atomic E-state index is 11.8. The first-order valence-corrected chi connectivity index (χ1v) is 7.15. The molecule has 3 N–H and O–H groups in total. The Balaban J connectivity index is 0.00000361. The molecule has 0 heterocycles. The van der Waals surface area contributed by atoms with Gasteiger partial charge in [-0.25, -0.2) is 0 Å². The van der Waals surface area contributed by atoms with Gasteiger partial charge in [0.1, 0.15) is 11.9 Å². The van der Waals surface area contributed by atoms with Crippen LogP contribution in [0.1, 0.15) is 20.8 Å². The number of ether oxygens (including phenoxy) is 1. The van der Waals surface area contributed by atoms with Gasteiger partial charge in [-0.1, -0.05) is 19.1 Å². The van der Waals surface area contributed by atoms with Crippen molar-refractivity contribution in [3.63, 3.8) is 0 Å². The number of carbonyl (C=O) groups excluding carboxylic acids is 1. The van der Waals surface area contributed by atoms with E-state index in [1.54, 1.807) is 0 Å². The number of nitrogens with one attached hydrogen (secondary N) is 1. The second-order valence-corrected chi connectivity index (χ2v) is 5.61. The third-order valence-corrected chi connectivity index (χ3v) is 3.59. The zero-order valence-electron chi connectivity index (χ0n) is 11.9. The SMILES string of the molecule is CC(CNC(=O)C(C)C(C)N)Oc1ccccc1Br.Cl. The summed E-state index contributed by atoms with van der Waals surface area (Å²) in [6.07, 6.45) is -0.108. The van der Waals surface area contributed by atoms with Gasteiger partial charge >= 0.3 is 0 Å². The Morgan fingerprint density at radius 1 is 1.35 bits per heavy atom. The quantitative estimate of drug-likeness (QED) is 0.814. The predicted molar refractivity (Wildman–Crippen MR) is 87.3 cm³/mol. The van der Waals surface area contributed by atoms with Crippen LogP contribution in [0.4, 0.5) is 0 Å². The molecule has 6 heteroatoms. The maximum Gasteiger partial charge on any atom is 0.224 e. The number of nitrogens with two attached hydrogens (primary N) is 1. The molecule has 0 bridgehead atoms. The Kier molecular flexibility index (Phi) is 8.85. The molecular formula is C14H22BrClN2O2. The summed E-state index contributed by atoms with van der Waals surface area (Å²) in [5.41, 5.74) is 5.69. The van der Waals surface area contributed by atoms with Crippen LogP contribution in [0.5, 0.6) is 5.75 Å². The van der Waals surface area contributed by atoms with Gasteiger partial charge in [0.2, 0.25) is 5.91 Å². The Morgan fingerprint density at radius 2 is 1.95 bits per heavy atom. The standard InChI is InChI=1S/C14H21BrN2O2.ClH/c1-9(8-17-14(18)10(2)11(3)16)19-13-7-5-4-6-12(13)15;/h4-7,9-11H,8,16H2,1-3H3,(H,17,18);1H. The Labute approximate surface area is 135 Å². The summed E-state index contributed by atoms with van der Waals surface area (Å²) in [7, 11) is 0. The van der Waals surface area contributed by atoms with E-state index in [-0.39, 0.29) is 36.4 Å². The van der Waals surface area contributed by atoms with Crippen molar-refractivity contribution in [3.05, 3.63) is 28.7 Å². The molecule has 3 unspecified atom stereocenters. The predicted octanol–water partition coefficient (Wildman–Crippen LogP) is 2.74. The number of para-hydroxylation sites is 1. The number of amides is 1. The molecule has 0 radical (unpaired) electrons. The van der Waals surface area contributed by atoms with Crippen molar-refractivity contribution in [2.45, 2.75) is 32.9 Å². The topological polar surface area (TPSA) is 64.4 Å². The summed E-state index contributed by atoms with van der Waals surface area (Å²) in [5.74, 6) is 0.526. The highest BCUT2D eigenvalue weighted by Crippen LogP contribution is 2.24. The maximum atomic E-state index is 11.8. The summed E-state index contributed by atoms with van der Waals surface area (Å²) in [5, 5.41) is 2.84. The van der Waals surface area contributed by atoms with Gasteiger partial charge < -0.3 is 15.8 Å². The molecule has 1 aromatic carbocycles. The van der Waals surface area contributed by atoms with Gasteiger partial charge in [0, 0.05) is 12.0 Å². The minimum Gasteiger partial charge on any atom is -0.488 e. The molecule has 4 nitrogen and oxygen atoms in total. The van der Waals surface area contributed by atoms with Crippen LogP contribution in [-0.4, -0.2) is 24.6 Å². The molecule has 20 heavy (non-hydrogen) atoms. The fourth-order valence-corrected chi connectivity index (χ4v) is 1.82. The van der Waals surface area contributed by atoms with E-state index in [0.29, 0.717) is 6.54 Å². The molecule has 0 fully saturated rings. The fraction of sp³-hybridized carbons (Fsp3) is 0.500. The number of hydrogen-bond acceptors (Lipinski definition) is 3.